The zero-order chi connectivity index (χ0) is 21.9. The maximum atomic E-state index is 6.11. The summed E-state index contributed by atoms with van der Waals surface area (Å²) in [5.74, 6) is 0.978. The van der Waals surface area contributed by atoms with Gasteiger partial charge in [-0.3, -0.25) is 4.57 Å². The molecule has 4 aromatic carbocycles. The summed E-state index contributed by atoms with van der Waals surface area (Å²) in [6.45, 7) is 2.04. The first-order valence-corrected chi connectivity index (χ1v) is 10.9. The summed E-state index contributed by atoms with van der Waals surface area (Å²) in [5, 5.41) is 3.13. The van der Waals surface area contributed by atoms with Gasteiger partial charge < -0.3 is 4.42 Å². The van der Waals surface area contributed by atoms with Crippen molar-refractivity contribution in [2.24, 2.45) is 0 Å². The minimum atomic E-state index is 0.849. The first-order chi connectivity index (χ1) is 16.2. The van der Waals surface area contributed by atoms with Crippen LogP contribution in [0.3, 0.4) is 0 Å². The third-order valence-corrected chi connectivity index (χ3v) is 6.28. The lowest BCUT2D eigenvalue weighted by Crippen LogP contribution is -1.96. The molecule has 0 spiro atoms. The minimum Gasteiger partial charge on any atom is -0.456 e. The molecule has 33 heavy (non-hydrogen) atoms. The van der Waals surface area contributed by atoms with Crippen molar-refractivity contribution in [1.29, 1.82) is 0 Å². The fraction of sp³-hybridized carbons (Fsp3) is 0.0357. The Morgan fingerprint density at radius 1 is 0.758 bits per heavy atom. The van der Waals surface area contributed by atoms with Gasteiger partial charge in [0.25, 0.3) is 0 Å². The van der Waals surface area contributed by atoms with Gasteiger partial charge in [0.05, 0.1) is 16.6 Å². The number of aryl methyl sites for hydroxylation is 1. The molecular weight excluding hydrogens is 408 g/mol. The molecule has 0 aliphatic rings. The van der Waals surface area contributed by atoms with Gasteiger partial charge >= 0.3 is 0 Å². The van der Waals surface area contributed by atoms with Crippen molar-refractivity contribution >= 4 is 43.9 Å². The second-order valence-electron chi connectivity index (χ2n) is 8.27. The summed E-state index contributed by atoms with van der Waals surface area (Å²) in [6.07, 6.45) is 3.39. The zero-order valence-corrected chi connectivity index (χ0v) is 17.9. The van der Waals surface area contributed by atoms with Crippen LogP contribution in [-0.4, -0.2) is 19.5 Å². The Kier molecular flexibility index (Phi) is 3.70. The van der Waals surface area contributed by atoms with Crippen molar-refractivity contribution < 1.29 is 4.42 Å². The van der Waals surface area contributed by atoms with Crippen molar-refractivity contribution in [2.75, 3.05) is 0 Å². The number of aromatic nitrogens is 4. The monoisotopic (exact) mass is 426 g/mol. The summed E-state index contributed by atoms with van der Waals surface area (Å²) in [6, 6.07) is 27.3. The summed E-state index contributed by atoms with van der Waals surface area (Å²) in [4.78, 5) is 13.2. The van der Waals surface area contributed by atoms with Crippen LogP contribution in [0.4, 0.5) is 0 Å². The highest BCUT2D eigenvalue weighted by molar-refractivity contribution is 6.10. The maximum Gasteiger partial charge on any atom is 0.136 e. The van der Waals surface area contributed by atoms with Crippen molar-refractivity contribution in [3.05, 3.63) is 97.2 Å². The summed E-state index contributed by atoms with van der Waals surface area (Å²) < 4.78 is 8.30. The molecule has 0 bridgehead atoms. The topological polar surface area (TPSA) is 56.7 Å². The molecule has 0 saturated heterocycles. The van der Waals surface area contributed by atoms with Crippen LogP contribution in [0.2, 0.25) is 0 Å². The SMILES string of the molecule is Cc1nc2ccccc2n1-c1ccc(-c2ccc3oc4cc5cncnc5cc4c3c2)cc1. The van der Waals surface area contributed by atoms with Crippen LogP contribution in [-0.2, 0) is 0 Å². The Morgan fingerprint density at radius 2 is 1.58 bits per heavy atom. The van der Waals surface area contributed by atoms with E-state index < -0.39 is 0 Å². The van der Waals surface area contributed by atoms with E-state index in [0.717, 1.165) is 66.5 Å². The van der Waals surface area contributed by atoms with E-state index in [9.17, 15) is 0 Å². The summed E-state index contributed by atoms with van der Waals surface area (Å²) in [5.41, 5.74) is 8.16. The number of benzene rings is 4. The Labute approximate surface area is 189 Å². The Bertz CT molecular complexity index is 1830. The molecule has 3 heterocycles. The molecule has 3 aromatic heterocycles. The van der Waals surface area contributed by atoms with Crippen molar-refractivity contribution in [1.82, 2.24) is 19.5 Å². The fourth-order valence-corrected chi connectivity index (χ4v) is 4.71. The molecule has 5 nitrogen and oxygen atoms in total. The molecule has 0 fully saturated rings. The van der Waals surface area contributed by atoms with Crippen LogP contribution in [0, 0.1) is 6.92 Å². The lowest BCUT2D eigenvalue weighted by molar-refractivity contribution is 0.669. The van der Waals surface area contributed by atoms with Crippen LogP contribution in [0.1, 0.15) is 5.82 Å². The van der Waals surface area contributed by atoms with Gasteiger partial charge in [-0.15, -0.1) is 0 Å². The lowest BCUT2D eigenvalue weighted by Gasteiger charge is -2.09. The van der Waals surface area contributed by atoms with E-state index in [2.05, 4.69) is 63.1 Å². The molecule has 0 N–H and O–H groups in total. The summed E-state index contributed by atoms with van der Waals surface area (Å²) in [7, 11) is 0. The average molecular weight is 426 g/mol. The van der Waals surface area contributed by atoms with Crippen molar-refractivity contribution in [3.63, 3.8) is 0 Å². The van der Waals surface area contributed by atoms with Crippen LogP contribution in [0.25, 0.3) is 60.7 Å². The highest BCUT2D eigenvalue weighted by Gasteiger charge is 2.12. The highest BCUT2D eigenvalue weighted by Crippen LogP contribution is 2.34. The normalized spacial score (nSPS) is 11.8. The van der Waals surface area contributed by atoms with Crippen LogP contribution in [0.15, 0.2) is 95.8 Å². The second kappa shape index (κ2) is 6.74. The van der Waals surface area contributed by atoms with Gasteiger partial charge in [0.15, 0.2) is 0 Å². The molecule has 7 rings (SSSR count). The molecule has 0 aliphatic heterocycles. The molecule has 0 saturated carbocycles. The number of rotatable bonds is 2. The molecule has 7 aromatic rings. The number of fused-ring (bicyclic) bond motifs is 5. The number of hydrogen-bond acceptors (Lipinski definition) is 4. The van der Waals surface area contributed by atoms with E-state index in [0.29, 0.717) is 0 Å². The average Bonchev–Trinajstić information content (AvgIpc) is 3.38. The number of para-hydroxylation sites is 2. The molecular formula is C28H18N4O. The largest absolute Gasteiger partial charge is 0.456 e. The van der Waals surface area contributed by atoms with Crippen LogP contribution < -0.4 is 0 Å². The molecule has 5 heteroatoms. The van der Waals surface area contributed by atoms with E-state index in [-0.39, 0.29) is 0 Å². The molecule has 0 atom stereocenters. The lowest BCUT2D eigenvalue weighted by atomic mass is 10.0. The Hall–Kier alpha value is -4.51. The molecule has 0 aliphatic carbocycles. The van der Waals surface area contributed by atoms with Gasteiger partial charge in [-0.2, -0.15) is 0 Å². The molecule has 0 unspecified atom stereocenters. The third-order valence-electron chi connectivity index (χ3n) is 6.28. The standard InChI is InChI=1S/C28H18N4O/c1-17-31-24-4-2-3-5-26(24)32(17)21-9-6-18(7-10-21)19-8-11-27-22(12-19)23-14-25-20(13-28(23)33-27)15-29-16-30-25/h2-16H,1H3. The maximum absolute atomic E-state index is 6.11. The number of hydrogen-bond donors (Lipinski definition) is 0. The predicted molar refractivity (Wildman–Crippen MR) is 132 cm³/mol. The van der Waals surface area contributed by atoms with Crippen LogP contribution >= 0.6 is 0 Å². The second-order valence-corrected chi connectivity index (χ2v) is 8.27. The van der Waals surface area contributed by atoms with Gasteiger partial charge in [0.2, 0.25) is 0 Å². The minimum absolute atomic E-state index is 0.849. The quantitative estimate of drug-likeness (QED) is 0.304. The van der Waals surface area contributed by atoms with Gasteiger partial charge in [-0.25, -0.2) is 15.0 Å². The van der Waals surface area contributed by atoms with E-state index in [1.54, 1.807) is 6.33 Å². The third kappa shape index (κ3) is 2.76. The van der Waals surface area contributed by atoms with Crippen LogP contribution in [0.5, 0.6) is 0 Å². The van der Waals surface area contributed by atoms with E-state index in [1.807, 2.05) is 43.5 Å². The highest BCUT2D eigenvalue weighted by atomic mass is 16.3. The van der Waals surface area contributed by atoms with Gasteiger partial charge in [-0.05, 0) is 66.6 Å². The Morgan fingerprint density at radius 3 is 2.48 bits per heavy atom. The summed E-state index contributed by atoms with van der Waals surface area (Å²) >= 11 is 0. The number of nitrogens with zero attached hydrogens (tertiary/aromatic N) is 4. The predicted octanol–water partition coefficient (Wildman–Crippen LogP) is 6.84. The van der Waals surface area contributed by atoms with E-state index in [4.69, 9.17) is 9.40 Å². The first kappa shape index (κ1) is 18.1. The van der Waals surface area contributed by atoms with E-state index >= 15 is 0 Å². The fourth-order valence-electron chi connectivity index (χ4n) is 4.71. The van der Waals surface area contributed by atoms with Gasteiger partial charge in [0, 0.05) is 28.0 Å². The molecule has 0 amide bonds. The van der Waals surface area contributed by atoms with Gasteiger partial charge in [0.1, 0.15) is 23.3 Å². The molecule has 0 radical (unpaired) electrons. The van der Waals surface area contributed by atoms with E-state index in [1.165, 1.54) is 0 Å². The van der Waals surface area contributed by atoms with Crippen molar-refractivity contribution in [3.8, 4) is 16.8 Å². The zero-order valence-electron chi connectivity index (χ0n) is 17.9. The first-order valence-electron chi connectivity index (χ1n) is 10.9. The molecule has 156 valence electrons. The van der Waals surface area contributed by atoms with Gasteiger partial charge in [-0.1, -0.05) is 30.3 Å². The Balaban J connectivity index is 1.34. The number of imidazole rings is 1. The smallest absolute Gasteiger partial charge is 0.136 e. The van der Waals surface area contributed by atoms with Crippen molar-refractivity contribution in [2.45, 2.75) is 6.92 Å². The number of furan rings is 1.